The van der Waals surface area contributed by atoms with E-state index in [-0.39, 0.29) is 11.1 Å². The minimum absolute atomic E-state index is 0.251. The highest BCUT2D eigenvalue weighted by Gasteiger charge is 2.46. The van der Waals surface area contributed by atoms with Gasteiger partial charge in [0, 0.05) is 24.0 Å². The molecule has 5 heterocycles. The lowest BCUT2D eigenvalue weighted by Gasteiger charge is -2.31. The van der Waals surface area contributed by atoms with Crippen molar-refractivity contribution in [3.8, 4) is 11.8 Å². The minimum atomic E-state index is -4.47. The third kappa shape index (κ3) is 3.41. The van der Waals surface area contributed by atoms with Crippen LogP contribution in [-0.4, -0.2) is 42.3 Å². The van der Waals surface area contributed by atoms with Crippen LogP contribution in [0.2, 0.25) is 0 Å². The Hall–Kier alpha value is -3.81. The summed E-state index contributed by atoms with van der Waals surface area (Å²) in [7, 11) is 0. The normalized spacial score (nSPS) is 14.3. The van der Waals surface area contributed by atoms with E-state index in [2.05, 4.69) is 37.0 Å². The summed E-state index contributed by atoms with van der Waals surface area (Å²) >= 11 is 0. The van der Waals surface area contributed by atoms with E-state index in [9.17, 15) is 13.2 Å². The smallest absolute Gasteiger partial charge is 0.325 e. The van der Waals surface area contributed by atoms with Crippen LogP contribution >= 0.6 is 0 Å². The average molecular weight is 469 g/mol. The van der Waals surface area contributed by atoms with Crippen molar-refractivity contribution in [1.29, 1.82) is 0 Å². The summed E-state index contributed by atoms with van der Waals surface area (Å²) < 4.78 is 56.5. The summed E-state index contributed by atoms with van der Waals surface area (Å²) in [6, 6.07) is 1.74. The molecule has 0 radical (unpaired) electrons. The van der Waals surface area contributed by atoms with Crippen LogP contribution in [0.1, 0.15) is 37.4 Å². The van der Waals surface area contributed by atoms with Crippen LogP contribution in [0.5, 0.6) is 0 Å². The van der Waals surface area contributed by atoms with Gasteiger partial charge in [0.05, 0.1) is 23.3 Å². The summed E-state index contributed by atoms with van der Waals surface area (Å²) in [6.45, 7) is 4.32. The number of aromatic nitrogens is 6. The molecule has 0 atom stereocenters. The standard InChI is InChI=1S/C23H19F4N7/c1-13-31-32-21-30-20(19-15(24)11-28-12-18(19)34(13)21)33-10-4-5-14-16(29-9-7-17(14)33)6-8-22(2,3)23(25,26)27/h7,9,11-12H,4-5,10H2,1-3H3. The number of pyridine rings is 2. The van der Waals surface area contributed by atoms with Gasteiger partial charge in [0.1, 0.15) is 22.8 Å². The van der Waals surface area contributed by atoms with Crippen LogP contribution in [0.25, 0.3) is 16.7 Å². The van der Waals surface area contributed by atoms with Crippen LogP contribution in [0.3, 0.4) is 0 Å². The third-order valence-electron chi connectivity index (χ3n) is 5.95. The highest BCUT2D eigenvalue weighted by molar-refractivity contribution is 5.94. The van der Waals surface area contributed by atoms with Gasteiger partial charge in [-0.15, -0.1) is 10.2 Å². The summed E-state index contributed by atoms with van der Waals surface area (Å²) in [5.74, 6) is 5.57. The summed E-state index contributed by atoms with van der Waals surface area (Å²) in [5, 5.41) is 8.39. The fourth-order valence-corrected chi connectivity index (χ4v) is 4.00. The first-order chi connectivity index (χ1) is 16.1. The molecule has 7 nitrogen and oxygen atoms in total. The second-order valence-electron chi connectivity index (χ2n) is 8.62. The molecule has 0 spiro atoms. The minimum Gasteiger partial charge on any atom is -0.325 e. The Bertz CT molecular complexity index is 1490. The summed E-state index contributed by atoms with van der Waals surface area (Å²) in [6.07, 6.45) is 0.892. The lowest BCUT2D eigenvalue weighted by Crippen LogP contribution is -2.30. The van der Waals surface area contributed by atoms with E-state index in [0.29, 0.717) is 53.6 Å². The molecule has 0 unspecified atom stereocenters. The molecular weight excluding hydrogens is 450 g/mol. The first-order valence-corrected chi connectivity index (χ1v) is 10.6. The highest BCUT2D eigenvalue weighted by atomic mass is 19.4. The predicted molar refractivity (Wildman–Crippen MR) is 117 cm³/mol. The molecule has 5 rings (SSSR count). The second kappa shape index (κ2) is 7.62. The lowest BCUT2D eigenvalue weighted by atomic mass is 9.93. The monoisotopic (exact) mass is 469 g/mol. The molecular formula is C23H19F4N7. The number of rotatable bonds is 1. The number of fused-ring (bicyclic) bond motifs is 4. The van der Waals surface area contributed by atoms with Gasteiger partial charge in [-0.3, -0.25) is 9.38 Å². The number of hydrogen-bond acceptors (Lipinski definition) is 6. The molecule has 1 aliphatic heterocycles. The average Bonchev–Trinajstić information content (AvgIpc) is 3.17. The summed E-state index contributed by atoms with van der Waals surface area (Å²) in [5.41, 5.74) is -0.0842. The number of hydrogen-bond donors (Lipinski definition) is 0. The van der Waals surface area contributed by atoms with Crippen molar-refractivity contribution >= 4 is 28.2 Å². The molecule has 0 aromatic carbocycles. The lowest BCUT2D eigenvalue weighted by molar-refractivity contribution is -0.190. The molecule has 0 bridgehead atoms. The van der Waals surface area contributed by atoms with E-state index in [1.165, 1.54) is 12.4 Å². The van der Waals surface area contributed by atoms with Gasteiger partial charge >= 0.3 is 6.18 Å². The number of aryl methyl sites for hydroxylation is 1. The van der Waals surface area contributed by atoms with E-state index >= 15 is 4.39 Å². The molecule has 4 aromatic rings. The first-order valence-electron chi connectivity index (χ1n) is 10.6. The van der Waals surface area contributed by atoms with Crippen LogP contribution in [0, 0.1) is 30.0 Å². The summed E-state index contributed by atoms with van der Waals surface area (Å²) in [4.78, 5) is 14.6. The number of nitrogens with zero attached hydrogens (tertiary/aromatic N) is 7. The van der Waals surface area contributed by atoms with Gasteiger partial charge in [0.15, 0.2) is 5.82 Å². The predicted octanol–water partition coefficient (Wildman–Crippen LogP) is 4.54. The molecule has 0 fully saturated rings. The topological polar surface area (TPSA) is 72.1 Å². The van der Waals surface area contributed by atoms with Crippen LogP contribution in [-0.2, 0) is 6.42 Å². The Kier molecular flexibility index (Phi) is 4.93. The van der Waals surface area contributed by atoms with Gasteiger partial charge < -0.3 is 4.90 Å². The molecule has 0 aliphatic carbocycles. The highest BCUT2D eigenvalue weighted by Crippen LogP contribution is 2.39. The fourth-order valence-electron chi connectivity index (χ4n) is 4.00. The van der Waals surface area contributed by atoms with Crippen LogP contribution in [0.4, 0.5) is 29.1 Å². The van der Waals surface area contributed by atoms with Gasteiger partial charge in [-0.25, -0.2) is 9.37 Å². The fraction of sp³-hybridized carbons (Fsp3) is 0.348. The number of anilines is 2. The van der Waals surface area contributed by atoms with E-state index in [1.54, 1.807) is 17.4 Å². The molecule has 4 aromatic heterocycles. The maximum Gasteiger partial charge on any atom is 0.404 e. The van der Waals surface area contributed by atoms with Gasteiger partial charge in [0.25, 0.3) is 5.78 Å². The van der Waals surface area contributed by atoms with Crippen molar-refractivity contribution in [2.45, 2.75) is 39.8 Å². The number of alkyl halides is 3. The van der Waals surface area contributed by atoms with Crippen molar-refractivity contribution in [3.63, 3.8) is 0 Å². The van der Waals surface area contributed by atoms with Crippen LogP contribution in [0.15, 0.2) is 24.7 Å². The Balaban J connectivity index is 1.70. The van der Waals surface area contributed by atoms with Crippen molar-refractivity contribution < 1.29 is 17.6 Å². The molecule has 0 saturated heterocycles. The van der Waals surface area contributed by atoms with Crippen molar-refractivity contribution in [2.24, 2.45) is 5.41 Å². The molecule has 0 amide bonds. The Morgan fingerprint density at radius 1 is 1.12 bits per heavy atom. The quantitative estimate of drug-likeness (QED) is 0.301. The molecule has 0 saturated carbocycles. The van der Waals surface area contributed by atoms with Crippen molar-refractivity contribution in [3.05, 3.63) is 47.6 Å². The Morgan fingerprint density at radius 2 is 1.91 bits per heavy atom. The zero-order valence-corrected chi connectivity index (χ0v) is 18.6. The maximum atomic E-state index is 15.1. The van der Waals surface area contributed by atoms with E-state index in [0.717, 1.165) is 20.0 Å². The largest absolute Gasteiger partial charge is 0.404 e. The van der Waals surface area contributed by atoms with Crippen molar-refractivity contribution in [1.82, 2.24) is 29.5 Å². The van der Waals surface area contributed by atoms with Gasteiger partial charge in [0.2, 0.25) is 0 Å². The van der Waals surface area contributed by atoms with Gasteiger partial charge in [-0.05, 0) is 45.6 Å². The molecule has 0 N–H and O–H groups in total. The first kappa shape index (κ1) is 22.0. The zero-order valence-electron chi connectivity index (χ0n) is 18.6. The number of halogens is 4. The van der Waals surface area contributed by atoms with E-state index in [1.807, 2.05) is 4.90 Å². The van der Waals surface area contributed by atoms with E-state index < -0.39 is 17.4 Å². The molecule has 34 heavy (non-hydrogen) atoms. The van der Waals surface area contributed by atoms with Gasteiger partial charge in [-0.2, -0.15) is 18.2 Å². The van der Waals surface area contributed by atoms with Crippen LogP contribution < -0.4 is 4.90 Å². The van der Waals surface area contributed by atoms with E-state index in [4.69, 9.17) is 0 Å². The maximum absolute atomic E-state index is 15.1. The third-order valence-corrected chi connectivity index (χ3v) is 5.95. The second-order valence-corrected chi connectivity index (χ2v) is 8.62. The molecule has 1 aliphatic rings. The molecule has 174 valence electrons. The SMILES string of the molecule is Cc1nnc2nc(N3CCCc4c3ccnc4C#CC(C)(C)C(F)(F)F)c3c(F)cncc3n12. The van der Waals surface area contributed by atoms with Gasteiger partial charge in [-0.1, -0.05) is 5.92 Å². The Morgan fingerprint density at radius 3 is 2.68 bits per heavy atom. The van der Waals surface area contributed by atoms with Crippen molar-refractivity contribution in [2.75, 3.05) is 11.4 Å². The zero-order chi connectivity index (χ0) is 24.3. The Labute approximate surface area is 191 Å². The molecule has 11 heteroatoms.